The molecule has 0 bridgehead atoms. The van der Waals surface area contributed by atoms with Gasteiger partial charge in [-0.05, 0) is 23.1 Å². The minimum absolute atomic E-state index is 0.337. The van der Waals surface area contributed by atoms with Crippen molar-refractivity contribution < 1.29 is 4.39 Å². The van der Waals surface area contributed by atoms with Crippen LogP contribution in [0.3, 0.4) is 0 Å². The van der Waals surface area contributed by atoms with Crippen molar-refractivity contribution >= 4 is 22.4 Å². The second-order valence-electron chi connectivity index (χ2n) is 4.04. The molecule has 0 aliphatic carbocycles. The summed E-state index contributed by atoms with van der Waals surface area (Å²) in [5, 5.41) is 1.93. The second-order valence-corrected chi connectivity index (χ2v) is 4.44. The van der Waals surface area contributed by atoms with Crippen LogP contribution >= 0.6 is 11.6 Å². The number of halogens is 2. The third kappa shape index (κ3) is 1.85. The van der Waals surface area contributed by atoms with Gasteiger partial charge in [-0.3, -0.25) is 4.98 Å². The van der Waals surface area contributed by atoms with Gasteiger partial charge >= 0.3 is 0 Å². The molecule has 88 valence electrons. The molecule has 0 atom stereocenters. The molecule has 0 unspecified atom stereocenters. The second kappa shape index (κ2) is 4.39. The lowest BCUT2D eigenvalue weighted by molar-refractivity contribution is 0.630. The number of benzene rings is 2. The number of aromatic nitrogens is 1. The molecule has 0 aliphatic heterocycles. The number of nitrogens with zero attached hydrogens (tertiary/aromatic N) is 1. The van der Waals surface area contributed by atoms with E-state index in [1.54, 1.807) is 12.4 Å². The Labute approximate surface area is 109 Å². The van der Waals surface area contributed by atoms with Crippen LogP contribution in [0.4, 0.5) is 4.39 Å². The predicted molar refractivity (Wildman–Crippen MR) is 72.1 cm³/mol. The fourth-order valence-electron chi connectivity index (χ4n) is 2.04. The van der Waals surface area contributed by atoms with Crippen LogP contribution in [-0.4, -0.2) is 4.98 Å². The third-order valence-corrected chi connectivity index (χ3v) is 3.19. The molecule has 1 nitrogen and oxygen atoms in total. The molecule has 0 saturated heterocycles. The van der Waals surface area contributed by atoms with Crippen molar-refractivity contribution in [2.45, 2.75) is 0 Å². The highest BCUT2D eigenvalue weighted by atomic mass is 35.5. The van der Waals surface area contributed by atoms with Crippen LogP contribution in [0.2, 0.25) is 5.02 Å². The molecular formula is C15H9ClFN. The Morgan fingerprint density at radius 1 is 0.944 bits per heavy atom. The van der Waals surface area contributed by atoms with E-state index in [4.69, 9.17) is 11.6 Å². The maximum Gasteiger partial charge on any atom is 0.125 e. The van der Waals surface area contributed by atoms with Gasteiger partial charge in [0.15, 0.2) is 0 Å². The molecule has 0 spiro atoms. The summed E-state index contributed by atoms with van der Waals surface area (Å²) in [6, 6.07) is 12.6. The summed E-state index contributed by atoms with van der Waals surface area (Å²) in [7, 11) is 0. The number of rotatable bonds is 1. The first-order valence-corrected chi connectivity index (χ1v) is 5.92. The number of fused-ring (bicyclic) bond motifs is 1. The van der Waals surface area contributed by atoms with Crippen LogP contribution in [0, 0.1) is 5.82 Å². The molecular weight excluding hydrogens is 249 g/mol. The van der Waals surface area contributed by atoms with E-state index in [1.165, 1.54) is 12.1 Å². The van der Waals surface area contributed by atoms with Gasteiger partial charge in [-0.15, -0.1) is 0 Å². The van der Waals surface area contributed by atoms with Gasteiger partial charge in [-0.2, -0.15) is 0 Å². The molecule has 3 heteroatoms. The Kier molecular flexibility index (Phi) is 2.73. The van der Waals surface area contributed by atoms with E-state index in [0.29, 0.717) is 5.02 Å². The fourth-order valence-corrected chi connectivity index (χ4v) is 2.30. The predicted octanol–water partition coefficient (Wildman–Crippen LogP) is 4.69. The fraction of sp³-hybridized carbons (Fsp3) is 0. The maximum atomic E-state index is 13.5. The first kappa shape index (κ1) is 11.2. The van der Waals surface area contributed by atoms with Gasteiger partial charge in [0.05, 0.1) is 5.02 Å². The smallest absolute Gasteiger partial charge is 0.125 e. The van der Waals surface area contributed by atoms with Gasteiger partial charge < -0.3 is 0 Å². The topological polar surface area (TPSA) is 12.9 Å². The summed E-state index contributed by atoms with van der Waals surface area (Å²) in [6.07, 6.45) is 3.39. The monoisotopic (exact) mass is 257 g/mol. The minimum atomic E-state index is -0.337. The Hall–Kier alpha value is -1.93. The van der Waals surface area contributed by atoms with Crippen LogP contribution in [-0.2, 0) is 0 Å². The van der Waals surface area contributed by atoms with E-state index in [0.717, 1.165) is 21.9 Å². The van der Waals surface area contributed by atoms with Crippen molar-refractivity contribution in [3.63, 3.8) is 0 Å². The lowest BCUT2D eigenvalue weighted by atomic mass is 10.0. The van der Waals surface area contributed by atoms with Crippen molar-refractivity contribution in [1.29, 1.82) is 0 Å². The zero-order valence-corrected chi connectivity index (χ0v) is 10.2. The van der Waals surface area contributed by atoms with Crippen molar-refractivity contribution in [3.05, 3.63) is 65.7 Å². The van der Waals surface area contributed by atoms with Gasteiger partial charge in [-0.1, -0.05) is 41.9 Å². The van der Waals surface area contributed by atoms with Crippen molar-refractivity contribution in [2.75, 3.05) is 0 Å². The van der Waals surface area contributed by atoms with Crippen molar-refractivity contribution in [3.8, 4) is 11.1 Å². The van der Waals surface area contributed by atoms with E-state index in [2.05, 4.69) is 4.98 Å². The zero-order valence-electron chi connectivity index (χ0n) is 9.40. The Morgan fingerprint density at radius 2 is 1.72 bits per heavy atom. The highest BCUT2D eigenvalue weighted by molar-refractivity contribution is 6.35. The molecule has 1 aromatic heterocycles. The van der Waals surface area contributed by atoms with E-state index >= 15 is 0 Å². The quantitative estimate of drug-likeness (QED) is 0.616. The highest BCUT2D eigenvalue weighted by Crippen LogP contribution is 2.32. The maximum absolute atomic E-state index is 13.5. The van der Waals surface area contributed by atoms with E-state index < -0.39 is 0 Å². The van der Waals surface area contributed by atoms with Gasteiger partial charge in [0.1, 0.15) is 5.82 Å². The molecule has 1 heterocycles. The molecule has 0 fully saturated rings. The molecule has 0 saturated carbocycles. The lowest BCUT2D eigenvalue weighted by Crippen LogP contribution is -1.86. The first-order chi connectivity index (χ1) is 8.75. The summed E-state index contributed by atoms with van der Waals surface area (Å²) in [5.74, 6) is -0.337. The molecule has 3 aromatic rings. The number of hydrogen-bond acceptors (Lipinski definition) is 1. The summed E-state index contributed by atoms with van der Waals surface area (Å²) < 4.78 is 13.5. The average Bonchev–Trinajstić information content (AvgIpc) is 2.39. The molecule has 18 heavy (non-hydrogen) atoms. The minimum Gasteiger partial charge on any atom is -0.263 e. The molecule has 0 amide bonds. The summed E-state index contributed by atoms with van der Waals surface area (Å²) in [4.78, 5) is 4.17. The van der Waals surface area contributed by atoms with Gasteiger partial charge in [-0.25, -0.2) is 4.39 Å². The van der Waals surface area contributed by atoms with Crippen LogP contribution in [0.5, 0.6) is 0 Å². The lowest BCUT2D eigenvalue weighted by Gasteiger charge is -2.07. The summed E-state index contributed by atoms with van der Waals surface area (Å²) >= 11 is 6.04. The van der Waals surface area contributed by atoms with Crippen molar-refractivity contribution in [1.82, 2.24) is 4.98 Å². The molecule has 2 aromatic carbocycles. The van der Waals surface area contributed by atoms with E-state index in [1.807, 2.05) is 30.3 Å². The van der Waals surface area contributed by atoms with Crippen molar-refractivity contribution in [2.24, 2.45) is 0 Å². The summed E-state index contributed by atoms with van der Waals surface area (Å²) in [6.45, 7) is 0. The molecule has 3 rings (SSSR count). The standard InChI is InChI=1S/C15H9ClFN/c16-15-7-11(17)6-12-13(8-18-9-14(12)15)10-4-2-1-3-5-10/h1-9H. The van der Waals surface area contributed by atoms with Crippen LogP contribution in [0.15, 0.2) is 54.9 Å². The Balaban J connectivity index is 2.37. The Morgan fingerprint density at radius 3 is 2.50 bits per heavy atom. The first-order valence-electron chi connectivity index (χ1n) is 5.54. The van der Waals surface area contributed by atoms with Crippen LogP contribution in [0.1, 0.15) is 0 Å². The van der Waals surface area contributed by atoms with Gasteiger partial charge in [0.2, 0.25) is 0 Å². The van der Waals surface area contributed by atoms with Gasteiger partial charge in [0, 0.05) is 23.3 Å². The van der Waals surface area contributed by atoms with Crippen LogP contribution < -0.4 is 0 Å². The average molecular weight is 258 g/mol. The van der Waals surface area contributed by atoms with E-state index in [9.17, 15) is 4.39 Å². The summed E-state index contributed by atoms with van der Waals surface area (Å²) in [5.41, 5.74) is 1.88. The van der Waals surface area contributed by atoms with Gasteiger partial charge in [0.25, 0.3) is 0 Å². The Bertz CT molecular complexity index is 710. The van der Waals surface area contributed by atoms with Crippen LogP contribution in [0.25, 0.3) is 21.9 Å². The number of pyridine rings is 1. The highest BCUT2D eigenvalue weighted by Gasteiger charge is 2.08. The normalized spacial score (nSPS) is 10.8. The third-order valence-electron chi connectivity index (χ3n) is 2.88. The largest absolute Gasteiger partial charge is 0.263 e. The SMILES string of the molecule is Fc1cc(Cl)c2cncc(-c3ccccc3)c2c1. The number of hydrogen-bond donors (Lipinski definition) is 0. The zero-order chi connectivity index (χ0) is 12.5. The molecule has 0 radical (unpaired) electrons. The molecule has 0 N–H and O–H groups in total. The van der Waals surface area contributed by atoms with E-state index in [-0.39, 0.29) is 5.82 Å². The molecule has 0 aliphatic rings.